The lowest BCUT2D eigenvalue weighted by atomic mass is 10.1. The highest BCUT2D eigenvalue weighted by Crippen LogP contribution is 1.93. The fourth-order valence-corrected chi connectivity index (χ4v) is 0.150. The lowest BCUT2D eigenvalue weighted by Crippen LogP contribution is -2.50. The molecular formula is C8H23NO5. The smallest absolute Gasteiger partial charge is 0.0856 e. The molecule has 0 atom stereocenters. The van der Waals surface area contributed by atoms with Gasteiger partial charge in [-0.15, -0.1) is 0 Å². The molecule has 0 spiro atoms. The second-order valence-electron chi connectivity index (χ2n) is 2.47. The van der Waals surface area contributed by atoms with Crippen LogP contribution < -0.4 is 5.73 Å². The molecule has 0 saturated heterocycles. The number of rotatable bonds is 3. The third-order valence-electron chi connectivity index (χ3n) is 0.945. The van der Waals surface area contributed by atoms with Gasteiger partial charge in [0.2, 0.25) is 0 Å². The van der Waals surface area contributed by atoms with Crippen LogP contribution in [0.4, 0.5) is 0 Å². The molecule has 0 aromatic carbocycles. The molecule has 0 saturated carbocycles. The summed E-state index contributed by atoms with van der Waals surface area (Å²) in [5.41, 5.74) is 3.94. The topological polar surface area (TPSA) is 127 Å². The maximum atomic E-state index is 8.34. The highest BCUT2D eigenvalue weighted by Gasteiger charge is 2.20. The van der Waals surface area contributed by atoms with E-state index in [1.165, 1.54) is 0 Å². The first-order chi connectivity index (χ1) is 6.51. The van der Waals surface area contributed by atoms with Gasteiger partial charge in [0.25, 0.3) is 0 Å². The SMILES string of the molecule is CCO.CCO.NC(CO)(CO)CO. The Morgan fingerprint density at radius 3 is 0.929 bits per heavy atom. The molecule has 6 heteroatoms. The molecule has 90 valence electrons. The molecule has 14 heavy (non-hydrogen) atoms. The molecule has 0 bridgehead atoms. The summed E-state index contributed by atoms with van der Waals surface area (Å²) in [6.45, 7) is 2.65. The summed E-state index contributed by atoms with van der Waals surface area (Å²) in [6.07, 6.45) is 0. The van der Waals surface area contributed by atoms with Crippen molar-refractivity contribution in [1.29, 1.82) is 0 Å². The van der Waals surface area contributed by atoms with Gasteiger partial charge in [0.15, 0.2) is 0 Å². The molecule has 0 radical (unpaired) electrons. The summed E-state index contributed by atoms with van der Waals surface area (Å²) >= 11 is 0. The Hall–Kier alpha value is -0.240. The molecule has 0 unspecified atom stereocenters. The Morgan fingerprint density at radius 1 is 0.786 bits per heavy atom. The van der Waals surface area contributed by atoms with Crippen molar-refractivity contribution in [3.8, 4) is 0 Å². The molecule has 0 aliphatic carbocycles. The van der Waals surface area contributed by atoms with Crippen molar-refractivity contribution >= 4 is 0 Å². The first-order valence-corrected chi connectivity index (χ1v) is 4.34. The normalized spacial score (nSPS) is 9.43. The standard InChI is InChI=1S/C4H11NO3.2C2H6O/c5-4(1-6,2-7)3-8;2*1-2-3/h6-8H,1-3,5H2;2*3H,2H2,1H3. The van der Waals surface area contributed by atoms with Gasteiger partial charge in [-0.3, -0.25) is 0 Å². The van der Waals surface area contributed by atoms with Crippen LogP contribution in [0.25, 0.3) is 0 Å². The van der Waals surface area contributed by atoms with Crippen molar-refractivity contribution in [3.05, 3.63) is 0 Å². The molecule has 0 aliphatic rings. The van der Waals surface area contributed by atoms with E-state index in [-0.39, 0.29) is 13.2 Å². The third-order valence-corrected chi connectivity index (χ3v) is 0.945. The first kappa shape index (κ1) is 19.4. The molecule has 0 heterocycles. The number of nitrogens with two attached hydrogens (primary N) is 1. The van der Waals surface area contributed by atoms with E-state index in [1.807, 2.05) is 0 Å². The summed E-state index contributed by atoms with van der Waals surface area (Å²) < 4.78 is 0. The van der Waals surface area contributed by atoms with Gasteiger partial charge < -0.3 is 31.3 Å². The van der Waals surface area contributed by atoms with Crippen molar-refractivity contribution in [2.75, 3.05) is 33.0 Å². The highest BCUT2D eigenvalue weighted by molar-refractivity contribution is 4.80. The second kappa shape index (κ2) is 15.2. The van der Waals surface area contributed by atoms with Gasteiger partial charge in [-0.05, 0) is 13.8 Å². The van der Waals surface area contributed by atoms with Crippen LogP contribution in [0.3, 0.4) is 0 Å². The van der Waals surface area contributed by atoms with E-state index in [2.05, 4.69) is 0 Å². The largest absolute Gasteiger partial charge is 0.397 e. The molecule has 0 aromatic heterocycles. The molecule has 0 fully saturated rings. The van der Waals surface area contributed by atoms with E-state index in [0.29, 0.717) is 0 Å². The Labute approximate surface area is 84.6 Å². The summed E-state index contributed by atoms with van der Waals surface area (Å²) in [5, 5.41) is 40.2. The maximum Gasteiger partial charge on any atom is 0.0856 e. The Bertz CT molecular complexity index is 77.5. The van der Waals surface area contributed by atoms with Gasteiger partial charge >= 0.3 is 0 Å². The Kier molecular flexibility index (Phi) is 21.1. The van der Waals surface area contributed by atoms with Crippen molar-refractivity contribution in [2.24, 2.45) is 5.73 Å². The van der Waals surface area contributed by atoms with Crippen LogP contribution in [-0.4, -0.2) is 64.1 Å². The van der Waals surface area contributed by atoms with Gasteiger partial charge in [0.1, 0.15) is 0 Å². The van der Waals surface area contributed by atoms with Gasteiger partial charge in [-0.25, -0.2) is 0 Å². The minimum Gasteiger partial charge on any atom is -0.397 e. The van der Waals surface area contributed by atoms with Crippen LogP contribution >= 0.6 is 0 Å². The quantitative estimate of drug-likeness (QED) is 0.312. The van der Waals surface area contributed by atoms with E-state index in [0.717, 1.165) is 0 Å². The van der Waals surface area contributed by atoms with Crippen LogP contribution in [0.1, 0.15) is 13.8 Å². The second-order valence-corrected chi connectivity index (χ2v) is 2.47. The lowest BCUT2D eigenvalue weighted by Gasteiger charge is -2.20. The van der Waals surface area contributed by atoms with E-state index in [9.17, 15) is 0 Å². The minimum absolute atomic E-state index is 0.250. The average Bonchev–Trinajstić information content (AvgIpc) is 2.19. The Balaban J connectivity index is -0.000000168. The van der Waals surface area contributed by atoms with Gasteiger partial charge in [0, 0.05) is 13.2 Å². The van der Waals surface area contributed by atoms with Crippen LogP contribution in [0, 0.1) is 0 Å². The van der Waals surface area contributed by atoms with Crippen LogP contribution in [0.2, 0.25) is 0 Å². The summed E-state index contributed by atoms with van der Waals surface area (Å²) in [5.74, 6) is 0. The maximum absolute atomic E-state index is 8.34. The molecule has 7 N–H and O–H groups in total. The average molecular weight is 213 g/mol. The molecule has 6 nitrogen and oxygen atoms in total. The lowest BCUT2D eigenvalue weighted by molar-refractivity contribution is 0.0698. The van der Waals surface area contributed by atoms with Gasteiger partial charge in [-0.2, -0.15) is 0 Å². The monoisotopic (exact) mass is 213 g/mol. The summed E-state index contributed by atoms with van der Waals surface area (Å²) in [7, 11) is 0. The highest BCUT2D eigenvalue weighted by atomic mass is 16.3. The molecular weight excluding hydrogens is 190 g/mol. The van der Waals surface area contributed by atoms with E-state index in [4.69, 9.17) is 31.3 Å². The first-order valence-electron chi connectivity index (χ1n) is 4.34. The molecule has 0 aliphatic heterocycles. The van der Waals surface area contributed by atoms with E-state index >= 15 is 0 Å². The van der Waals surface area contributed by atoms with Crippen LogP contribution in [0.5, 0.6) is 0 Å². The van der Waals surface area contributed by atoms with Crippen molar-refractivity contribution in [2.45, 2.75) is 19.4 Å². The van der Waals surface area contributed by atoms with Crippen molar-refractivity contribution < 1.29 is 25.5 Å². The van der Waals surface area contributed by atoms with Gasteiger partial charge in [0.05, 0.1) is 25.4 Å². The predicted molar refractivity (Wildman–Crippen MR) is 53.7 cm³/mol. The number of hydrogen-bond donors (Lipinski definition) is 6. The zero-order valence-electron chi connectivity index (χ0n) is 8.85. The Morgan fingerprint density at radius 2 is 0.929 bits per heavy atom. The van der Waals surface area contributed by atoms with E-state index in [1.54, 1.807) is 13.8 Å². The third kappa shape index (κ3) is 17.7. The zero-order chi connectivity index (χ0) is 12.0. The fraction of sp³-hybridized carbons (Fsp3) is 1.00. The number of aliphatic hydroxyl groups excluding tert-OH is 5. The fourth-order valence-electron chi connectivity index (χ4n) is 0.150. The molecule has 0 aromatic rings. The zero-order valence-corrected chi connectivity index (χ0v) is 8.85. The molecule has 0 amide bonds. The number of hydrogen-bond acceptors (Lipinski definition) is 6. The predicted octanol–water partition coefficient (Wildman–Crippen LogP) is -2.34. The number of aliphatic hydroxyl groups is 5. The van der Waals surface area contributed by atoms with Crippen LogP contribution in [0.15, 0.2) is 0 Å². The molecule has 0 rings (SSSR count). The minimum atomic E-state index is -1.21. The van der Waals surface area contributed by atoms with Crippen molar-refractivity contribution in [1.82, 2.24) is 0 Å². The summed E-state index contributed by atoms with van der Waals surface area (Å²) in [6, 6.07) is 0. The van der Waals surface area contributed by atoms with Crippen molar-refractivity contribution in [3.63, 3.8) is 0 Å². The van der Waals surface area contributed by atoms with E-state index < -0.39 is 25.4 Å². The van der Waals surface area contributed by atoms with Gasteiger partial charge in [-0.1, -0.05) is 0 Å². The van der Waals surface area contributed by atoms with Crippen LogP contribution in [-0.2, 0) is 0 Å². The summed E-state index contributed by atoms with van der Waals surface area (Å²) in [4.78, 5) is 0.